The van der Waals surface area contributed by atoms with Crippen LogP contribution in [-0.4, -0.2) is 22.1 Å². The third-order valence-electron chi connectivity index (χ3n) is 5.53. The quantitative estimate of drug-likeness (QED) is 0.919. The number of rotatable bonds is 4. The van der Waals surface area contributed by atoms with Gasteiger partial charge in [0.2, 0.25) is 0 Å². The molecule has 0 aliphatic heterocycles. The van der Waals surface area contributed by atoms with Crippen LogP contribution in [0.5, 0.6) is 0 Å². The molecule has 0 spiro atoms. The summed E-state index contributed by atoms with van der Waals surface area (Å²) in [6, 6.07) is 0.916. The van der Waals surface area contributed by atoms with Gasteiger partial charge in [-0.25, -0.2) is 4.98 Å². The van der Waals surface area contributed by atoms with E-state index >= 15 is 0 Å². The maximum absolute atomic E-state index is 13.1. The molecule has 4 rings (SSSR count). The molecule has 1 unspecified atom stereocenters. The zero-order chi connectivity index (χ0) is 16.7. The van der Waals surface area contributed by atoms with Crippen molar-refractivity contribution in [1.29, 1.82) is 0 Å². The molecule has 0 aromatic carbocycles. The predicted molar refractivity (Wildman–Crippen MR) is 100 cm³/mol. The monoisotopic (exact) mass is 345 g/mol. The second kappa shape index (κ2) is 6.60. The lowest BCUT2D eigenvalue weighted by molar-refractivity contribution is 0.428. The van der Waals surface area contributed by atoms with Gasteiger partial charge in [0.25, 0.3) is 5.56 Å². The number of hydrogen-bond donors (Lipinski definition) is 1. The van der Waals surface area contributed by atoms with Gasteiger partial charge in [0.1, 0.15) is 4.83 Å². The summed E-state index contributed by atoms with van der Waals surface area (Å²) in [5, 5.41) is 4.60. The van der Waals surface area contributed by atoms with E-state index in [0.717, 1.165) is 48.9 Å². The van der Waals surface area contributed by atoms with E-state index in [2.05, 4.69) is 24.1 Å². The Balaban J connectivity index is 1.65. The third-order valence-corrected chi connectivity index (χ3v) is 6.69. The van der Waals surface area contributed by atoms with E-state index in [1.165, 1.54) is 23.3 Å². The van der Waals surface area contributed by atoms with Crippen LogP contribution in [0, 0.1) is 5.92 Å². The predicted octanol–water partition coefficient (Wildman–Crippen LogP) is 3.68. The van der Waals surface area contributed by atoms with Crippen molar-refractivity contribution in [3.05, 3.63) is 27.1 Å². The lowest BCUT2D eigenvalue weighted by atomic mass is 9.93. The summed E-state index contributed by atoms with van der Waals surface area (Å²) in [7, 11) is 0. The number of nitrogens with zero attached hydrogens (tertiary/aromatic N) is 2. The van der Waals surface area contributed by atoms with Gasteiger partial charge in [-0.05, 0) is 50.1 Å². The van der Waals surface area contributed by atoms with Gasteiger partial charge in [-0.1, -0.05) is 26.7 Å². The summed E-state index contributed by atoms with van der Waals surface area (Å²) in [4.78, 5) is 20.0. The van der Waals surface area contributed by atoms with Crippen LogP contribution in [0.15, 0.2) is 11.1 Å². The Hall–Kier alpha value is -1.20. The highest BCUT2D eigenvalue weighted by Crippen LogP contribution is 2.35. The summed E-state index contributed by atoms with van der Waals surface area (Å²) in [5.41, 5.74) is 1.50. The van der Waals surface area contributed by atoms with Gasteiger partial charge in [0, 0.05) is 17.0 Å². The largest absolute Gasteiger partial charge is 0.313 e. The number of hydrogen-bond acceptors (Lipinski definition) is 4. The number of nitrogens with one attached hydrogen (secondary N) is 1. The second-order valence-electron chi connectivity index (χ2n) is 7.82. The molecule has 0 amide bonds. The number of fused-ring (bicyclic) bond motifs is 3. The van der Waals surface area contributed by atoms with Crippen LogP contribution in [0.2, 0.25) is 0 Å². The summed E-state index contributed by atoms with van der Waals surface area (Å²) >= 11 is 1.74. The highest BCUT2D eigenvalue weighted by Gasteiger charge is 2.26. The highest BCUT2D eigenvalue weighted by molar-refractivity contribution is 7.18. The van der Waals surface area contributed by atoms with Crippen molar-refractivity contribution in [2.45, 2.75) is 70.9 Å². The van der Waals surface area contributed by atoms with Gasteiger partial charge in [-0.3, -0.25) is 9.36 Å². The smallest absolute Gasteiger partial charge is 0.262 e. The van der Waals surface area contributed by atoms with Crippen LogP contribution in [0.3, 0.4) is 0 Å². The van der Waals surface area contributed by atoms with Crippen LogP contribution in [0.4, 0.5) is 0 Å². The summed E-state index contributed by atoms with van der Waals surface area (Å²) in [6.07, 6.45) is 9.71. The average molecular weight is 346 g/mol. The van der Waals surface area contributed by atoms with Gasteiger partial charge in [0.05, 0.1) is 11.7 Å². The van der Waals surface area contributed by atoms with Crippen molar-refractivity contribution in [3.63, 3.8) is 0 Å². The molecule has 24 heavy (non-hydrogen) atoms. The fraction of sp³-hybridized carbons (Fsp3) is 0.684. The van der Waals surface area contributed by atoms with Gasteiger partial charge in [0.15, 0.2) is 0 Å². The number of aryl methyl sites for hydroxylation is 1. The maximum atomic E-state index is 13.1. The van der Waals surface area contributed by atoms with Crippen molar-refractivity contribution in [3.8, 4) is 0 Å². The molecule has 2 heterocycles. The number of aromatic nitrogens is 2. The molecule has 2 aliphatic rings. The molecule has 1 fully saturated rings. The average Bonchev–Trinajstić information content (AvgIpc) is 3.20. The summed E-state index contributed by atoms with van der Waals surface area (Å²) in [5.74, 6) is 0.675. The zero-order valence-corrected chi connectivity index (χ0v) is 15.5. The van der Waals surface area contributed by atoms with Crippen LogP contribution in [0.1, 0.15) is 62.4 Å². The van der Waals surface area contributed by atoms with E-state index in [1.807, 2.05) is 4.57 Å². The van der Waals surface area contributed by atoms with Gasteiger partial charge in [-0.2, -0.15) is 0 Å². The fourth-order valence-corrected chi connectivity index (χ4v) is 5.46. The molecule has 1 saturated carbocycles. The Kier molecular flexibility index (Phi) is 4.48. The summed E-state index contributed by atoms with van der Waals surface area (Å²) < 4.78 is 1.92. The standard InChI is InChI=1S/C19H27N3OS/c1-12(2)10-20-13-7-8-15-16(9-13)24-18-17(15)19(23)22(11-21-18)14-5-3-4-6-14/h11-14,20H,3-10H2,1-2H3. The first kappa shape index (κ1) is 16.3. The zero-order valence-electron chi connectivity index (χ0n) is 14.7. The molecule has 0 saturated heterocycles. The lowest BCUT2D eigenvalue weighted by Crippen LogP contribution is -2.36. The Morgan fingerprint density at radius 2 is 2.12 bits per heavy atom. The molecule has 2 aromatic rings. The fourth-order valence-electron chi connectivity index (χ4n) is 4.20. The van der Waals surface area contributed by atoms with Gasteiger partial charge < -0.3 is 5.32 Å². The van der Waals surface area contributed by atoms with E-state index < -0.39 is 0 Å². The van der Waals surface area contributed by atoms with Gasteiger partial charge in [-0.15, -0.1) is 11.3 Å². The summed E-state index contributed by atoms with van der Waals surface area (Å²) in [6.45, 7) is 5.56. The van der Waals surface area contributed by atoms with Crippen LogP contribution >= 0.6 is 11.3 Å². The van der Waals surface area contributed by atoms with Crippen molar-refractivity contribution < 1.29 is 0 Å². The van der Waals surface area contributed by atoms with E-state index in [0.29, 0.717) is 18.0 Å². The van der Waals surface area contributed by atoms with E-state index in [-0.39, 0.29) is 5.56 Å². The van der Waals surface area contributed by atoms with Crippen molar-refractivity contribution >= 4 is 21.6 Å². The highest BCUT2D eigenvalue weighted by atomic mass is 32.1. The van der Waals surface area contributed by atoms with Gasteiger partial charge >= 0.3 is 0 Å². The van der Waals surface area contributed by atoms with E-state index in [9.17, 15) is 4.79 Å². The van der Waals surface area contributed by atoms with Crippen molar-refractivity contribution in [1.82, 2.24) is 14.9 Å². The SMILES string of the molecule is CC(C)CNC1CCc2c(sc3ncn(C4CCCC4)c(=O)c23)C1. The lowest BCUT2D eigenvalue weighted by Gasteiger charge is -2.24. The number of thiophene rings is 1. The molecular weight excluding hydrogens is 318 g/mol. The first-order chi connectivity index (χ1) is 11.6. The molecule has 1 atom stereocenters. The Labute approximate surface area is 147 Å². The first-order valence-electron chi connectivity index (χ1n) is 9.38. The Bertz CT molecular complexity index is 786. The topological polar surface area (TPSA) is 46.9 Å². The molecule has 0 radical (unpaired) electrons. The second-order valence-corrected chi connectivity index (χ2v) is 8.90. The minimum atomic E-state index is 0.206. The molecule has 4 nitrogen and oxygen atoms in total. The molecule has 2 aliphatic carbocycles. The molecule has 5 heteroatoms. The molecular formula is C19H27N3OS. The third kappa shape index (κ3) is 2.93. The molecule has 1 N–H and O–H groups in total. The Morgan fingerprint density at radius 3 is 2.88 bits per heavy atom. The van der Waals surface area contributed by atoms with Crippen molar-refractivity contribution in [2.24, 2.45) is 5.92 Å². The first-order valence-corrected chi connectivity index (χ1v) is 10.2. The maximum Gasteiger partial charge on any atom is 0.262 e. The normalized spacial score (nSPS) is 21.7. The molecule has 2 aromatic heterocycles. The van der Waals surface area contributed by atoms with Crippen molar-refractivity contribution in [2.75, 3.05) is 6.54 Å². The minimum Gasteiger partial charge on any atom is -0.313 e. The van der Waals surface area contributed by atoms with E-state index in [4.69, 9.17) is 0 Å². The molecule has 0 bridgehead atoms. The van der Waals surface area contributed by atoms with Crippen LogP contribution in [-0.2, 0) is 12.8 Å². The molecule has 130 valence electrons. The minimum absolute atomic E-state index is 0.206. The van der Waals surface area contributed by atoms with Crippen LogP contribution < -0.4 is 10.9 Å². The van der Waals surface area contributed by atoms with E-state index in [1.54, 1.807) is 17.7 Å². The Morgan fingerprint density at radius 1 is 1.33 bits per heavy atom. The van der Waals surface area contributed by atoms with Crippen LogP contribution in [0.25, 0.3) is 10.2 Å².